The molecular formula is C17H21N3OS. The van der Waals surface area contributed by atoms with Gasteiger partial charge in [0, 0.05) is 6.04 Å². The Morgan fingerprint density at radius 1 is 1.36 bits per heavy atom. The first-order valence-corrected chi connectivity index (χ1v) is 8.95. The van der Waals surface area contributed by atoms with E-state index in [9.17, 15) is 4.79 Å². The highest BCUT2D eigenvalue weighted by Gasteiger charge is 2.36. The maximum absolute atomic E-state index is 12.4. The predicted octanol–water partition coefficient (Wildman–Crippen LogP) is 3.10. The molecule has 2 atom stereocenters. The molecule has 2 fully saturated rings. The van der Waals surface area contributed by atoms with Crippen LogP contribution in [0.4, 0.5) is 0 Å². The summed E-state index contributed by atoms with van der Waals surface area (Å²) in [6.07, 6.45) is 4.52. The van der Waals surface area contributed by atoms with Crippen LogP contribution in [0.2, 0.25) is 0 Å². The third-order valence-electron chi connectivity index (χ3n) is 4.69. The van der Waals surface area contributed by atoms with Crippen molar-refractivity contribution in [2.45, 2.75) is 50.7 Å². The molecule has 22 heavy (non-hydrogen) atoms. The van der Waals surface area contributed by atoms with Crippen LogP contribution in [0.25, 0.3) is 10.2 Å². The molecule has 1 amide bonds. The summed E-state index contributed by atoms with van der Waals surface area (Å²) in [4.78, 5) is 19.5. The second-order valence-electron chi connectivity index (χ2n) is 6.37. The SMILES string of the molecule is CC(C(=O)NC1CC1)N1CCCC1c1nc2ccccc2s1. The van der Waals surface area contributed by atoms with E-state index in [-0.39, 0.29) is 18.0 Å². The largest absolute Gasteiger partial charge is 0.352 e. The molecule has 2 aromatic rings. The molecule has 2 heterocycles. The van der Waals surface area contributed by atoms with Gasteiger partial charge in [-0.05, 0) is 51.3 Å². The third kappa shape index (κ3) is 2.63. The summed E-state index contributed by atoms with van der Waals surface area (Å²) in [7, 11) is 0. The van der Waals surface area contributed by atoms with Crippen molar-refractivity contribution in [1.29, 1.82) is 0 Å². The Morgan fingerprint density at radius 2 is 2.18 bits per heavy atom. The van der Waals surface area contributed by atoms with Crippen LogP contribution < -0.4 is 5.32 Å². The van der Waals surface area contributed by atoms with Gasteiger partial charge in [-0.2, -0.15) is 0 Å². The van der Waals surface area contributed by atoms with E-state index in [1.807, 2.05) is 13.0 Å². The van der Waals surface area contributed by atoms with Gasteiger partial charge in [0.25, 0.3) is 0 Å². The number of thiazole rings is 1. The number of carbonyl (C=O) groups is 1. The Bertz CT molecular complexity index is 661. The Hall–Kier alpha value is -1.46. The van der Waals surface area contributed by atoms with Crippen LogP contribution in [0, 0.1) is 0 Å². The van der Waals surface area contributed by atoms with Crippen LogP contribution in [0.1, 0.15) is 43.7 Å². The summed E-state index contributed by atoms with van der Waals surface area (Å²) < 4.78 is 1.24. The maximum atomic E-state index is 12.4. The van der Waals surface area contributed by atoms with Gasteiger partial charge in [-0.25, -0.2) is 4.98 Å². The van der Waals surface area contributed by atoms with Crippen molar-refractivity contribution in [3.63, 3.8) is 0 Å². The smallest absolute Gasteiger partial charge is 0.237 e. The zero-order valence-electron chi connectivity index (χ0n) is 12.8. The molecule has 0 bridgehead atoms. The Labute approximate surface area is 134 Å². The van der Waals surface area contributed by atoms with Crippen LogP contribution in [0.3, 0.4) is 0 Å². The highest BCUT2D eigenvalue weighted by atomic mass is 32.1. The number of fused-ring (bicyclic) bond motifs is 1. The average Bonchev–Trinajstić information content (AvgIpc) is 3.05. The Morgan fingerprint density at radius 3 is 2.95 bits per heavy atom. The minimum Gasteiger partial charge on any atom is -0.352 e. The fraction of sp³-hybridized carbons (Fsp3) is 0.529. The molecule has 5 heteroatoms. The number of likely N-dealkylation sites (tertiary alicyclic amines) is 1. The molecule has 1 N–H and O–H groups in total. The number of aromatic nitrogens is 1. The van der Waals surface area contributed by atoms with Gasteiger partial charge in [0.2, 0.25) is 5.91 Å². The lowest BCUT2D eigenvalue weighted by atomic mass is 10.2. The maximum Gasteiger partial charge on any atom is 0.237 e. The summed E-state index contributed by atoms with van der Waals surface area (Å²) >= 11 is 1.77. The summed E-state index contributed by atoms with van der Waals surface area (Å²) in [5.74, 6) is 0.176. The summed E-state index contributed by atoms with van der Waals surface area (Å²) in [5.41, 5.74) is 1.07. The molecule has 2 aliphatic rings. The van der Waals surface area contributed by atoms with E-state index < -0.39 is 0 Å². The minimum absolute atomic E-state index is 0.0693. The molecule has 1 aliphatic heterocycles. The first-order valence-electron chi connectivity index (χ1n) is 8.14. The van der Waals surface area contributed by atoms with E-state index >= 15 is 0 Å². The van der Waals surface area contributed by atoms with Crippen molar-refractivity contribution in [2.75, 3.05) is 6.54 Å². The zero-order chi connectivity index (χ0) is 15.1. The Kier molecular flexibility index (Phi) is 3.62. The van der Waals surface area contributed by atoms with Crippen LogP contribution in [0.5, 0.6) is 0 Å². The van der Waals surface area contributed by atoms with Crippen molar-refractivity contribution in [3.05, 3.63) is 29.3 Å². The molecule has 1 aromatic carbocycles. The zero-order valence-corrected chi connectivity index (χ0v) is 13.6. The highest BCUT2D eigenvalue weighted by Crippen LogP contribution is 2.37. The minimum atomic E-state index is -0.0693. The molecule has 1 aliphatic carbocycles. The second-order valence-corrected chi connectivity index (χ2v) is 7.44. The number of hydrogen-bond acceptors (Lipinski definition) is 4. The number of hydrogen-bond donors (Lipinski definition) is 1. The fourth-order valence-corrected chi connectivity index (χ4v) is 4.37. The molecule has 1 saturated heterocycles. The van der Waals surface area contributed by atoms with E-state index in [1.165, 1.54) is 4.70 Å². The first-order chi connectivity index (χ1) is 10.7. The molecule has 0 spiro atoms. The number of benzene rings is 1. The molecule has 4 rings (SSSR count). The molecule has 116 valence electrons. The van der Waals surface area contributed by atoms with Crippen molar-refractivity contribution >= 4 is 27.5 Å². The van der Waals surface area contributed by atoms with Crippen LogP contribution in [-0.2, 0) is 4.79 Å². The molecular weight excluding hydrogens is 294 g/mol. The second kappa shape index (κ2) is 5.63. The predicted molar refractivity (Wildman–Crippen MR) is 88.9 cm³/mol. The van der Waals surface area contributed by atoms with Gasteiger partial charge in [-0.15, -0.1) is 11.3 Å². The lowest BCUT2D eigenvalue weighted by molar-refractivity contribution is -0.126. The van der Waals surface area contributed by atoms with Crippen LogP contribution >= 0.6 is 11.3 Å². The Balaban J connectivity index is 1.55. The van der Waals surface area contributed by atoms with E-state index in [0.29, 0.717) is 6.04 Å². The van der Waals surface area contributed by atoms with Gasteiger partial charge in [0.05, 0.1) is 22.3 Å². The molecule has 0 radical (unpaired) electrons. The summed E-state index contributed by atoms with van der Waals surface area (Å²) in [5, 5.41) is 4.29. The third-order valence-corrected chi connectivity index (χ3v) is 5.83. The lowest BCUT2D eigenvalue weighted by Crippen LogP contribution is -2.45. The van der Waals surface area contributed by atoms with Gasteiger partial charge in [-0.3, -0.25) is 9.69 Å². The van der Waals surface area contributed by atoms with Crippen molar-refractivity contribution in [2.24, 2.45) is 0 Å². The summed E-state index contributed by atoms with van der Waals surface area (Å²) in [6, 6.07) is 8.93. The van der Waals surface area contributed by atoms with E-state index in [4.69, 9.17) is 4.98 Å². The number of rotatable bonds is 4. The topological polar surface area (TPSA) is 45.2 Å². The van der Waals surface area contributed by atoms with Gasteiger partial charge < -0.3 is 5.32 Å². The highest BCUT2D eigenvalue weighted by molar-refractivity contribution is 7.18. The van der Waals surface area contributed by atoms with E-state index in [2.05, 4.69) is 28.4 Å². The van der Waals surface area contributed by atoms with Gasteiger partial charge in [0.1, 0.15) is 5.01 Å². The number of nitrogens with zero attached hydrogens (tertiary/aromatic N) is 2. The fourth-order valence-electron chi connectivity index (χ4n) is 3.25. The first kappa shape index (κ1) is 14.2. The lowest BCUT2D eigenvalue weighted by Gasteiger charge is -2.28. The van der Waals surface area contributed by atoms with Crippen LogP contribution in [0.15, 0.2) is 24.3 Å². The van der Waals surface area contributed by atoms with Crippen molar-refractivity contribution in [1.82, 2.24) is 15.2 Å². The number of para-hydroxylation sites is 1. The molecule has 4 nitrogen and oxygen atoms in total. The molecule has 1 saturated carbocycles. The van der Waals surface area contributed by atoms with Crippen molar-refractivity contribution < 1.29 is 4.79 Å². The van der Waals surface area contributed by atoms with E-state index in [1.54, 1.807) is 11.3 Å². The number of amides is 1. The quantitative estimate of drug-likeness (QED) is 0.943. The monoisotopic (exact) mass is 315 g/mol. The normalized spacial score (nSPS) is 23.8. The standard InChI is InChI=1S/C17H21N3OS/c1-11(16(21)18-12-8-9-12)20-10-4-6-14(20)17-19-13-5-2-3-7-15(13)22-17/h2-3,5,7,11-12,14H,4,6,8-10H2,1H3,(H,18,21). The molecule has 2 unspecified atom stereocenters. The van der Waals surface area contributed by atoms with Gasteiger partial charge in [0.15, 0.2) is 0 Å². The average molecular weight is 315 g/mol. The van der Waals surface area contributed by atoms with Crippen molar-refractivity contribution in [3.8, 4) is 0 Å². The molecule has 1 aromatic heterocycles. The van der Waals surface area contributed by atoms with Gasteiger partial charge in [-0.1, -0.05) is 12.1 Å². The van der Waals surface area contributed by atoms with Crippen LogP contribution in [-0.4, -0.2) is 34.4 Å². The summed E-state index contributed by atoms with van der Waals surface area (Å²) in [6.45, 7) is 3.02. The number of nitrogens with one attached hydrogen (secondary N) is 1. The number of carbonyl (C=O) groups excluding carboxylic acids is 1. The van der Waals surface area contributed by atoms with Gasteiger partial charge >= 0.3 is 0 Å². The van der Waals surface area contributed by atoms with E-state index in [0.717, 1.165) is 42.8 Å².